The van der Waals surface area contributed by atoms with Crippen LogP contribution in [0.5, 0.6) is 0 Å². The van der Waals surface area contributed by atoms with Crippen molar-refractivity contribution >= 4 is 11.9 Å². The minimum Gasteiger partial charge on any atom is -0.481 e. The second kappa shape index (κ2) is 6.15. The van der Waals surface area contributed by atoms with Crippen molar-refractivity contribution in [3.63, 3.8) is 0 Å². The van der Waals surface area contributed by atoms with E-state index < -0.39 is 5.97 Å². The molecule has 6 heteroatoms. The van der Waals surface area contributed by atoms with Crippen molar-refractivity contribution in [3.05, 3.63) is 0 Å². The van der Waals surface area contributed by atoms with Crippen molar-refractivity contribution in [1.29, 1.82) is 0 Å². The Morgan fingerprint density at radius 3 is 2.17 bits per heavy atom. The molecule has 0 aromatic carbocycles. The fraction of sp³-hybridized carbons (Fsp3) is 0.833. The average Bonchev–Trinajstić information content (AvgIpc) is 2.40. The van der Waals surface area contributed by atoms with Crippen LogP contribution >= 0.6 is 0 Å². The first-order valence-electron chi connectivity index (χ1n) is 6.53. The molecule has 1 aliphatic carbocycles. The van der Waals surface area contributed by atoms with Crippen LogP contribution in [0.1, 0.15) is 25.7 Å². The Hall–Kier alpha value is -1.14. The van der Waals surface area contributed by atoms with E-state index in [0.717, 1.165) is 13.1 Å². The third kappa shape index (κ3) is 3.43. The van der Waals surface area contributed by atoms with Gasteiger partial charge in [-0.3, -0.25) is 15.0 Å². The van der Waals surface area contributed by atoms with E-state index in [1.807, 2.05) is 5.01 Å². The van der Waals surface area contributed by atoms with E-state index in [4.69, 9.17) is 9.84 Å². The Morgan fingerprint density at radius 2 is 1.61 bits per heavy atom. The molecule has 1 saturated carbocycles. The van der Waals surface area contributed by atoms with Gasteiger partial charge in [-0.1, -0.05) is 0 Å². The predicted molar refractivity (Wildman–Crippen MR) is 63.6 cm³/mol. The summed E-state index contributed by atoms with van der Waals surface area (Å²) in [6.45, 7) is 2.73. The van der Waals surface area contributed by atoms with Gasteiger partial charge in [0.25, 0.3) is 0 Å². The molecule has 0 aromatic rings. The fourth-order valence-electron chi connectivity index (χ4n) is 2.52. The Kier molecular flexibility index (Phi) is 4.54. The molecule has 1 saturated heterocycles. The van der Waals surface area contributed by atoms with E-state index in [1.54, 1.807) is 0 Å². The van der Waals surface area contributed by atoms with Crippen LogP contribution in [0.3, 0.4) is 0 Å². The molecule has 18 heavy (non-hydrogen) atoms. The first-order chi connectivity index (χ1) is 8.66. The highest BCUT2D eigenvalue weighted by molar-refractivity contribution is 5.78. The maximum atomic E-state index is 12.0. The number of carbonyl (C=O) groups is 2. The number of hydrazine groups is 1. The molecule has 0 aromatic heterocycles. The Bertz CT molecular complexity index is 307. The number of aliphatic carboxylic acids is 1. The standard InChI is InChI=1S/C12H20N2O4/c15-11(13-14-5-7-18-8-6-14)9-1-3-10(4-2-9)12(16)17/h9-10H,1-8H2,(H,13,15)(H,16,17). The van der Waals surface area contributed by atoms with Crippen molar-refractivity contribution in [2.45, 2.75) is 25.7 Å². The minimum absolute atomic E-state index is 0.0285. The number of carboxylic acid groups (broad SMARTS) is 1. The fourth-order valence-corrected chi connectivity index (χ4v) is 2.52. The van der Waals surface area contributed by atoms with Crippen LogP contribution in [0, 0.1) is 11.8 Å². The van der Waals surface area contributed by atoms with Gasteiger partial charge in [0, 0.05) is 19.0 Å². The summed E-state index contributed by atoms with van der Waals surface area (Å²) in [5.74, 6) is -1.01. The molecular formula is C12H20N2O4. The third-order valence-electron chi connectivity index (χ3n) is 3.73. The molecular weight excluding hydrogens is 236 g/mol. The summed E-state index contributed by atoms with van der Waals surface area (Å²) in [6.07, 6.45) is 2.56. The van der Waals surface area contributed by atoms with E-state index in [1.165, 1.54) is 0 Å². The molecule has 1 heterocycles. The van der Waals surface area contributed by atoms with Gasteiger partial charge in [-0.05, 0) is 25.7 Å². The number of nitrogens with one attached hydrogen (secondary N) is 1. The van der Waals surface area contributed by atoms with Crippen LogP contribution in [0.25, 0.3) is 0 Å². The van der Waals surface area contributed by atoms with E-state index in [9.17, 15) is 9.59 Å². The van der Waals surface area contributed by atoms with Crippen molar-refractivity contribution in [1.82, 2.24) is 10.4 Å². The Morgan fingerprint density at radius 1 is 1.06 bits per heavy atom. The van der Waals surface area contributed by atoms with E-state index in [0.29, 0.717) is 38.9 Å². The van der Waals surface area contributed by atoms with Gasteiger partial charge in [-0.25, -0.2) is 5.01 Å². The number of carboxylic acids is 1. The van der Waals surface area contributed by atoms with Gasteiger partial charge in [-0.2, -0.15) is 0 Å². The second-order valence-corrected chi connectivity index (χ2v) is 4.96. The number of hydrogen-bond donors (Lipinski definition) is 2. The highest BCUT2D eigenvalue weighted by Gasteiger charge is 2.30. The van der Waals surface area contributed by atoms with Crippen LogP contribution in [0.2, 0.25) is 0 Å². The van der Waals surface area contributed by atoms with Gasteiger partial charge in [-0.15, -0.1) is 0 Å². The summed E-state index contributed by atoms with van der Waals surface area (Å²) in [6, 6.07) is 0. The molecule has 6 nitrogen and oxygen atoms in total. The average molecular weight is 256 g/mol. The zero-order valence-electron chi connectivity index (χ0n) is 10.4. The topological polar surface area (TPSA) is 78.9 Å². The largest absolute Gasteiger partial charge is 0.481 e. The third-order valence-corrected chi connectivity index (χ3v) is 3.73. The number of hydrogen-bond acceptors (Lipinski definition) is 4. The van der Waals surface area contributed by atoms with Crippen LogP contribution in [-0.2, 0) is 14.3 Å². The van der Waals surface area contributed by atoms with E-state index in [-0.39, 0.29) is 17.7 Å². The SMILES string of the molecule is O=C(O)C1CCC(C(=O)NN2CCOCC2)CC1. The number of amides is 1. The summed E-state index contributed by atoms with van der Waals surface area (Å²) >= 11 is 0. The van der Waals surface area contributed by atoms with E-state index >= 15 is 0 Å². The summed E-state index contributed by atoms with van der Waals surface area (Å²) in [5.41, 5.74) is 2.90. The summed E-state index contributed by atoms with van der Waals surface area (Å²) < 4.78 is 5.21. The number of rotatable bonds is 3. The van der Waals surface area contributed by atoms with Gasteiger partial charge in [0.05, 0.1) is 19.1 Å². The molecule has 2 fully saturated rings. The summed E-state index contributed by atoms with van der Waals surface area (Å²) in [5, 5.41) is 10.8. The van der Waals surface area contributed by atoms with Gasteiger partial charge in [0.15, 0.2) is 0 Å². The molecule has 0 radical (unpaired) electrons. The van der Waals surface area contributed by atoms with Crippen LogP contribution in [-0.4, -0.2) is 48.3 Å². The highest BCUT2D eigenvalue weighted by Crippen LogP contribution is 2.29. The number of morpholine rings is 1. The smallest absolute Gasteiger partial charge is 0.306 e. The number of ether oxygens (including phenoxy) is 1. The first-order valence-corrected chi connectivity index (χ1v) is 6.53. The lowest BCUT2D eigenvalue weighted by molar-refractivity contribution is -0.145. The van der Waals surface area contributed by atoms with Crippen LogP contribution in [0.4, 0.5) is 0 Å². The van der Waals surface area contributed by atoms with Crippen LogP contribution < -0.4 is 5.43 Å². The first kappa shape index (κ1) is 13.3. The molecule has 102 valence electrons. The van der Waals surface area contributed by atoms with Crippen molar-refractivity contribution < 1.29 is 19.4 Å². The molecule has 0 unspecified atom stereocenters. The molecule has 0 bridgehead atoms. The lowest BCUT2D eigenvalue weighted by atomic mass is 9.82. The monoisotopic (exact) mass is 256 g/mol. The molecule has 1 amide bonds. The Labute approximate surface area is 106 Å². The lowest BCUT2D eigenvalue weighted by Gasteiger charge is -2.31. The zero-order valence-corrected chi connectivity index (χ0v) is 10.4. The van der Waals surface area contributed by atoms with Crippen LogP contribution in [0.15, 0.2) is 0 Å². The number of carbonyl (C=O) groups excluding carboxylic acids is 1. The highest BCUT2D eigenvalue weighted by atomic mass is 16.5. The molecule has 0 spiro atoms. The lowest BCUT2D eigenvalue weighted by Crippen LogP contribution is -2.50. The Balaban J connectivity index is 1.75. The maximum absolute atomic E-state index is 12.0. The quantitative estimate of drug-likeness (QED) is 0.756. The number of nitrogens with zero attached hydrogens (tertiary/aromatic N) is 1. The molecule has 2 N–H and O–H groups in total. The maximum Gasteiger partial charge on any atom is 0.306 e. The normalized spacial score (nSPS) is 29.8. The van der Waals surface area contributed by atoms with Crippen molar-refractivity contribution in [3.8, 4) is 0 Å². The van der Waals surface area contributed by atoms with Gasteiger partial charge in [0.1, 0.15) is 0 Å². The van der Waals surface area contributed by atoms with Gasteiger partial charge in [0.2, 0.25) is 5.91 Å². The molecule has 2 aliphatic rings. The molecule has 1 aliphatic heterocycles. The summed E-state index contributed by atoms with van der Waals surface area (Å²) in [4.78, 5) is 22.8. The molecule has 2 rings (SSSR count). The minimum atomic E-state index is -0.734. The van der Waals surface area contributed by atoms with E-state index in [2.05, 4.69) is 5.43 Å². The van der Waals surface area contributed by atoms with Crippen molar-refractivity contribution in [2.24, 2.45) is 11.8 Å². The van der Waals surface area contributed by atoms with Crippen molar-refractivity contribution in [2.75, 3.05) is 26.3 Å². The summed E-state index contributed by atoms with van der Waals surface area (Å²) in [7, 11) is 0. The molecule has 0 atom stereocenters. The zero-order chi connectivity index (χ0) is 13.0. The van der Waals surface area contributed by atoms with Gasteiger partial charge < -0.3 is 9.84 Å². The second-order valence-electron chi connectivity index (χ2n) is 4.96. The van der Waals surface area contributed by atoms with Gasteiger partial charge >= 0.3 is 5.97 Å². The predicted octanol–water partition coefficient (Wildman–Crippen LogP) is 0.241.